The standard InChI is InChI=1S/C20H21N3O5/c1-2-27-18-5-3-4-14-12-15(13-28-19(14)18)20(24)22-11-10-21-16-6-8-17(9-7-16)23(25)26/h3-9,12,21H,2,10-11,13H2,1H3,(H,22,24). The molecule has 0 aliphatic carbocycles. The van der Waals surface area contributed by atoms with Crippen LogP contribution in [0.3, 0.4) is 0 Å². The molecule has 0 bridgehead atoms. The number of nitrogens with one attached hydrogen (secondary N) is 2. The molecular formula is C20H21N3O5. The summed E-state index contributed by atoms with van der Waals surface area (Å²) in [7, 11) is 0. The van der Waals surface area contributed by atoms with E-state index in [1.54, 1.807) is 18.2 Å². The molecule has 0 aromatic heterocycles. The van der Waals surface area contributed by atoms with E-state index in [0.717, 1.165) is 11.3 Å². The van der Waals surface area contributed by atoms with Crippen molar-refractivity contribution in [1.29, 1.82) is 0 Å². The lowest BCUT2D eigenvalue weighted by molar-refractivity contribution is -0.384. The number of para-hydroxylation sites is 1. The van der Waals surface area contributed by atoms with Crippen LogP contribution in [0.25, 0.3) is 6.08 Å². The zero-order valence-electron chi connectivity index (χ0n) is 15.4. The Morgan fingerprint density at radius 2 is 2.00 bits per heavy atom. The lowest BCUT2D eigenvalue weighted by Crippen LogP contribution is -2.32. The van der Waals surface area contributed by atoms with Crippen molar-refractivity contribution in [1.82, 2.24) is 5.32 Å². The second-order valence-corrected chi connectivity index (χ2v) is 6.05. The molecule has 1 amide bonds. The molecule has 1 heterocycles. The highest BCUT2D eigenvalue weighted by Crippen LogP contribution is 2.35. The van der Waals surface area contributed by atoms with Gasteiger partial charge in [0, 0.05) is 36.5 Å². The Balaban J connectivity index is 1.51. The number of fused-ring (bicyclic) bond motifs is 1. The zero-order valence-corrected chi connectivity index (χ0v) is 15.4. The van der Waals surface area contributed by atoms with E-state index >= 15 is 0 Å². The fourth-order valence-corrected chi connectivity index (χ4v) is 2.78. The van der Waals surface area contributed by atoms with E-state index in [0.29, 0.717) is 36.8 Å². The maximum atomic E-state index is 12.4. The second-order valence-electron chi connectivity index (χ2n) is 6.05. The van der Waals surface area contributed by atoms with Crippen molar-refractivity contribution in [3.8, 4) is 11.5 Å². The van der Waals surface area contributed by atoms with Crippen LogP contribution in [-0.4, -0.2) is 37.1 Å². The number of carbonyl (C=O) groups excluding carboxylic acids is 1. The van der Waals surface area contributed by atoms with Gasteiger partial charge in [-0.05, 0) is 31.2 Å². The number of benzene rings is 2. The maximum absolute atomic E-state index is 12.4. The molecule has 2 aromatic rings. The summed E-state index contributed by atoms with van der Waals surface area (Å²) >= 11 is 0. The Bertz CT molecular complexity index is 893. The lowest BCUT2D eigenvalue weighted by atomic mass is 10.1. The van der Waals surface area contributed by atoms with E-state index in [1.165, 1.54) is 12.1 Å². The molecule has 0 radical (unpaired) electrons. The van der Waals surface area contributed by atoms with Crippen LogP contribution in [0.2, 0.25) is 0 Å². The van der Waals surface area contributed by atoms with Gasteiger partial charge in [0.2, 0.25) is 0 Å². The summed E-state index contributed by atoms with van der Waals surface area (Å²) < 4.78 is 11.3. The molecule has 3 rings (SSSR count). The van der Waals surface area contributed by atoms with Gasteiger partial charge < -0.3 is 20.1 Å². The van der Waals surface area contributed by atoms with Gasteiger partial charge in [-0.15, -0.1) is 0 Å². The number of hydrogen-bond acceptors (Lipinski definition) is 6. The first kappa shape index (κ1) is 19.2. The Labute approximate surface area is 162 Å². The van der Waals surface area contributed by atoms with Gasteiger partial charge in [0.25, 0.3) is 11.6 Å². The summed E-state index contributed by atoms with van der Waals surface area (Å²) in [6.07, 6.45) is 1.81. The number of ether oxygens (including phenoxy) is 2. The van der Waals surface area contributed by atoms with E-state index in [9.17, 15) is 14.9 Å². The fraction of sp³-hybridized carbons (Fsp3) is 0.250. The molecule has 0 unspecified atom stereocenters. The summed E-state index contributed by atoms with van der Waals surface area (Å²) in [4.78, 5) is 22.6. The van der Waals surface area contributed by atoms with Crippen LogP contribution < -0.4 is 20.1 Å². The van der Waals surface area contributed by atoms with Gasteiger partial charge >= 0.3 is 0 Å². The third kappa shape index (κ3) is 4.59. The molecule has 8 nitrogen and oxygen atoms in total. The molecule has 0 fully saturated rings. The SMILES string of the molecule is CCOc1cccc2c1OCC(C(=O)NCCNc1ccc([N+](=O)[O-])cc1)=C2. The van der Waals surface area contributed by atoms with Crippen LogP contribution in [0, 0.1) is 10.1 Å². The van der Waals surface area contributed by atoms with E-state index in [4.69, 9.17) is 9.47 Å². The highest BCUT2D eigenvalue weighted by molar-refractivity contribution is 5.99. The van der Waals surface area contributed by atoms with Crippen molar-refractivity contribution in [2.24, 2.45) is 0 Å². The van der Waals surface area contributed by atoms with Gasteiger partial charge in [0.15, 0.2) is 11.5 Å². The minimum absolute atomic E-state index is 0.0378. The van der Waals surface area contributed by atoms with Crippen molar-refractivity contribution >= 4 is 23.4 Å². The topological polar surface area (TPSA) is 103 Å². The van der Waals surface area contributed by atoms with Gasteiger partial charge in [0.05, 0.1) is 17.1 Å². The van der Waals surface area contributed by atoms with E-state index in [-0.39, 0.29) is 18.2 Å². The number of anilines is 1. The average Bonchev–Trinajstić information content (AvgIpc) is 2.71. The molecule has 2 N–H and O–H groups in total. The third-order valence-electron chi connectivity index (χ3n) is 4.12. The molecule has 0 spiro atoms. The second kappa shape index (κ2) is 8.90. The quantitative estimate of drug-likeness (QED) is 0.413. The smallest absolute Gasteiger partial charge is 0.269 e. The van der Waals surface area contributed by atoms with E-state index in [1.807, 2.05) is 25.1 Å². The maximum Gasteiger partial charge on any atom is 0.269 e. The van der Waals surface area contributed by atoms with E-state index < -0.39 is 4.92 Å². The van der Waals surface area contributed by atoms with Crippen LogP contribution >= 0.6 is 0 Å². The number of amides is 1. The molecule has 1 aliphatic heterocycles. The average molecular weight is 383 g/mol. The fourth-order valence-electron chi connectivity index (χ4n) is 2.78. The van der Waals surface area contributed by atoms with Crippen molar-refractivity contribution in [2.75, 3.05) is 31.6 Å². The summed E-state index contributed by atoms with van der Waals surface area (Å²) in [5, 5.41) is 16.6. The largest absolute Gasteiger partial charge is 0.490 e. The highest BCUT2D eigenvalue weighted by atomic mass is 16.6. The van der Waals surface area contributed by atoms with Gasteiger partial charge in [0.1, 0.15) is 6.61 Å². The first-order valence-electron chi connectivity index (χ1n) is 8.94. The molecule has 1 aliphatic rings. The number of hydrogen-bond donors (Lipinski definition) is 2. The number of nitro benzene ring substituents is 1. The Morgan fingerprint density at radius 3 is 2.71 bits per heavy atom. The molecule has 2 aromatic carbocycles. The molecule has 28 heavy (non-hydrogen) atoms. The van der Waals surface area contributed by atoms with Crippen LogP contribution in [0.5, 0.6) is 11.5 Å². The molecule has 0 saturated heterocycles. The molecule has 8 heteroatoms. The van der Waals surface area contributed by atoms with Crippen molar-refractivity contribution in [3.05, 3.63) is 63.7 Å². The first-order chi connectivity index (χ1) is 13.6. The predicted octanol–water partition coefficient (Wildman–Crippen LogP) is 3.00. The van der Waals surface area contributed by atoms with Gasteiger partial charge in [-0.3, -0.25) is 14.9 Å². The van der Waals surface area contributed by atoms with Crippen molar-refractivity contribution in [2.45, 2.75) is 6.92 Å². The van der Waals surface area contributed by atoms with Crippen LogP contribution in [-0.2, 0) is 4.79 Å². The monoisotopic (exact) mass is 383 g/mol. The summed E-state index contributed by atoms with van der Waals surface area (Å²) in [6.45, 7) is 3.51. The zero-order chi connectivity index (χ0) is 19.9. The Hall–Kier alpha value is -3.55. The number of nitrogens with zero attached hydrogens (tertiary/aromatic N) is 1. The summed E-state index contributed by atoms with van der Waals surface area (Å²) in [5.74, 6) is 1.13. The van der Waals surface area contributed by atoms with Crippen molar-refractivity contribution < 1.29 is 19.2 Å². The van der Waals surface area contributed by atoms with Crippen LogP contribution in [0.15, 0.2) is 48.0 Å². The van der Waals surface area contributed by atoms with Gasteiger partial charge in [-0.1, -0.05) is 12.1 Å². The van der Waals surface area contributed by atoms with E-state index in [2.05, 4.69) is 10.6 Å². The Morgan fingerprint density at radius 1 is 1.21 bits per heavy atom. The van der Waals surface area contributed by atoms with Gasteiger partial charge in [-0.25, -0.2) is 0 Å². The first-order valence-corrected chi connectivity index (χ1v) is 8.94. The molecule has 0 atom stereocenters. The molecule has 0 saturated carbocycles. The van der Waals surface area contributed by atoms with Crippen LogP contribution in [0.4, 0.5) is 11.4 Å². The lowest BCUT2D eigenvalue weighted by Gasteiger charge is -2.20. The molecule has 146 valence electrons. The number of carbonyl (C=O) groups is 1. The third-order valence-corrected chi connectivity index (χ3v) is 4.12. The normalized spacial score (nSPS) is 12.2. The molecular weight excluding hydrogens is 362 g/mol. The summed E-state index contributed by atoms with van der Waals surface area (Å²) in [5.41, 5.74) is 2.14. The summed E-state index contributed by atoms with van der Waals surface area (Å²) in [6, 6.07) is 11.7. The number of non-ortho nitro benzene ring substituents is 1. The Kier molecular flexibility index (Phi) is 6.11. The number of nitro groups is 1. The minimum Gasteiger partial charge on any atom is -0.490 e. The predicted molar refractivity (Wildman–Crippen MR) is 106 cm³/mol. The van der Waals surface area contributed by atoms with Crippen molar-refractivity contribution in [3.63, 3.8) is 0 Å². The van der Waals surface area contributed by atoms with Crippen LogP contribution in [0.1, 0.15) is 12.5 Å². The minimum atomic E-state index is -0.445. The van der Waals surface area contributed by atoms with Gasteiger partial charge in [-0.2, -0.15) is 0 Å². The number of rotatable bonds is 8. The highest BCUT2D eigenvalue weighted by Gasteiger charge is 2.19.